The number of benzene rings is 2. The van der Waals surface area contributed by atoms with Crippen LogP contribution in [0.5, 0.6) is 0 Å². The van der Waals surface area contributed by atoms with E-state index in [9.17, 15) is 4.79 Å². The first kappa shape index (κ1) is 20.2. The first-order valence-corrected chi connectivity index (χ1v) is 9.93. The standard InChI is InChI=1S/C21H25Cl2N3O/c1-25(12-17-7-8-19(22)20(23)11-17)15-21(27)24-18-9-10-26(14-18)13-16-5-3-2-4-6-16/h2-8,11,18H,9-10,12-15H2,1H3,(H,24,27)/t18-/m1/s1. The molecule has 0 spiro atoms. The van der Waals surface area contributed by atoms with E-state index in [-0.39, 0.29) is 11.9 Å². The molecule has 144 valence electrons. The average Bonchev–Trinajstić information content (AvgIpc) is 3.05. The molecular weight excluding hydrogens is 381 g/mol. The molecule has 1 fully saturated rings. The molecule has 3 rings (SSSR count). The van der Waals surface area contributed by atoms with E-state index in [1.54, 1.807) is 6.07 Å². The van der Waals surface area contributed by atoms with Crippen molar-refractivity contribution >= 4 is 29.1 Å². The molecule has 0 unspecified atom stereocenters. The summed E-state index contributed by atoms with van der Waals surface area (Å²) in [7, 11) is 1.93. The molecule has 4 nitrogen and oxygen atoms in total. The Labute approximate surface area is 171 Å². The minimum Gasteiger partial charge on any atom is -0.351 e. The van der Waals surface area contributed by atoms with Gasteiger partial charge in [0, 0.05) is 32.2 Å². The van der Waals surface area contributed by atoms with Crippen molar-refractivity contribution in [2.45, 2.75) is 25.6 Å². The minimum absolute atomic E-state index is 0.0594. The summed E-state index contributed by atoms with van der Waals surface area (Å²) in [5.74, 6) is 0.0594. The number of likely N-dealkylation sites (N-methyl/N-ethyl adjacent to an activating group) is 1. The lowest BCUT2D eigenvalue weighted by Gasteiger charge is -2.20. The van der Waals surface area contributed by atoms with E-state index in [0.717, 1.165) is 31.6 Å². The number of hydrogen-bond acceptors (Lipinski definition) is 3. The van der Waals surface area contributed by atoms with Crippen LogP contribution in [0.2, 0.25) is 10.0 Å². The van der Waals surface area contributed by atoms with Gasteiger partial charge >= 0.3 is 0 Å². The quantitative estimate of drug-likeness (QED) is 0.760. The highest BCUT2D eigenvalue weighted by atomic mass is 35.5. The molecule has 0 radical (unpaired) electrons. The Morgan fingerprint density at radius 1 is 1.15 bits per heavy atom. The molecule has 0 aliphatic carbocycles. The fourth-order valence-corrected chi connectivity index (χ4v) is 3.78. The Morgan fingerprint density at radius 2 is 1.93 bits per heavy atom. The number of amides is 1. The average molecular weight is 406 g/mol. The maximum Gasteiger partial charge on any atom is 0.234 e. The Hall–Kier alpha value is -1.59. The van der Waals surface area contributed by atoms with Gasteiger partial charge < -0.3 is 5.32 Å². The third kappa shape index (κ3) is 6.22. The zero-order valence-corrected chi connectivity index (χ0v) is 17.0. The lowest BCUT2D eigenvalue weighted by Crippen LogP contribution is -2.42. The molecule has 2 aromatic rings. The van der Waals surface area contributed by atoms with E-state index in [1.165, 1.54) is 5.56 Å². The predicted octanol–water partition coefficient (Wildman–Crippen LogP) is 3.82. The van der Waals surface area contributed by atoms with Gasteiger partial charge in [-0.25, -0.2) is 0 Å². The number of halogens is 2. The van der Waals surface area contributed by atoms with Gasteiger partial charge in [-0.1, -0.05) is 59.6 Å². The van der Waals surface area contributed by atoms with Crippen LogP contribution >= 0.6 is 23.2 Å². The smallest absolute Gasteiger partial charge is 0.234 e. The summed E-state index contributed by atoms with van der Waals surface area (Å²) in [6.07, 6.45) is 0.995. The minimum atomic E-state index is 0.0594. The van der Waals surface area contributed by atoms with Crippen LogP contribution in [0, 0.1) is 0 Å². The van der Waals surface area contributed by atoms with Crippen molar-refractivity contribution in [1.29, 1.82) is 0 Å². The maximum atomic E-state index is 12.4. The van der Waals surface area contributed by atoms with Crippen molar-refractivity contribution in [3.63, 3.8) is 0 Å². The van der Waals surface area contributed by atoms with E-state index < -0.39 is 0 Å². The van der Waals surface area contributed by atoms with Gasteiger partial charge in [-0.3, -0.25) is 14.6 Å². The van der Waals surface area contributed by atoms with Gasteiger partial charge in [0.15, 0.2) is 0 Å². The first-order chi connectivity index (χ1) is 13.0. The van der Waals surface area contributed by atoms with Gasteiger partial charge in [-0.05, 0) is 36.7 Å². The largest absolute Gasteiger partial charge is 0.351 e. The van der Waals surface area contributed by atoms with Crippen LogP contribution in [-0.2, 0) is 17.9 Å². The van der Waals surface area contributed by atoms with Crippen molar-refractivity contribution in [2.75, 3.05) is 26.7 Å². The highest BCUT2D eigenvalue weighted by Gasteiger charge is 2.24. The number of likely N-dealkylation sites (tertiary alicyclic amines) is 1. The van der Waals surface area contributed by atoms with Gasteiger partial charge in [0.1, 0.15) is 0 Å². The molecule has 1 atom stereocenters. The lowest BCUT2D eigenvalue weighted by molar-refractivity contribution is -0.122. The zero-order chi connectivity index (χ0) is 19.2. The topological polar surface area (TPSA) is 35.6 Å². The van der Waals surface area contributed by atoms with E-state index in [1.807, 2.05) is 30.1 Å². The molecule has 0 bridgehead atoms. The van der Waals surface area contributed by atoms with Crippen LogP contribution in [0.3, 0.4) is 0 Å². The fraction of sp³-hybridized carbons (Fsp3) is 0.381. The van der Waals surface area contributed by atoms with Crippen LogP contribution in [0.15, 0.2) is 48.5 Å². The second kappa shape index (κ2) is 9.56. The summed E-state index contributed by atoms with van der Waals surface area (Å²) >= 11 is 12.0. The number of rotatable bonds is 7. The van der Waals surface area contributed by atoms with Crippen molar-refractivity contribution in [3.05, 3.63) is 69.7 Å². The molecular formula is C21H25Cl2N3O. The summed E-state index contributed by atoms with van der Waals surface area (Å²) in [5.41, 5.74) is 2.35. The normalized spacial score (nSPS) is 17.4. The summed E-state index contributed by atoms with van der Waals surface area (Å²) in [4.78, 5) is 16.7. The summed E-state index contributed by atoms with van der Waals surface area (Å²) in [6, 6.07) is 16.2. The highest BCUT2D eigenvalue weighted by molar-refractivity contribution is 6.42. The molecule has 1 amide bonds. The molecule has 2 aromatic carbocycles. The second-order valence-electron chi connectivity index (χ2n) is 7.19. The predicted molar refractivity (Wildman–Crippen MR) is 111 cm³/mol. The van der Waals surface area contributed by atoms with Gasteiger partial charge in [0.05, 0.1) is 16.6 Å². The third-order valence-corrected chi connectivity index (χ3v) is 5.48. The van der Waals surface area contributed by atoms with Crippen LogP contribution in [0.1, 0.15) is 17.5 Å². The molecule has 1 heterocycles. The Kier molecular flexibility index (Phi) is 7.13. The Morgan fingerprint density at radius 3 is 2.67 bits per heavy atom. The Balaban J connectivity index is 1.41. The van der Waals surface area contributed by atoms with Crippen molar-refractivity contribution < 1.29 is 4.79 Å². The number of hydrogen-bond donors (Lipinski definition) is 1. The van der Waals surface area contributed by atoms with Crippen LogP contribution in [-0.4, -0.2) is 48.4 Å². The molecule has 1 N–H and O–H groups in total. The monoisotopic (exact) mass is 405 g/mol. The number of nitrogens with zero attached hydrogens (tertiary/aromatic N) is 2. The van der Waals surface area contributed by atoms with Crippen LogP contribution in [0.25, 0.3) is 0 Å². The van der Waals surface area contributed by atoms with Crippen LogP contribution in [0.4, 0.5) is 0 Å². The fourth-order valence-electron chi connectivity index (χ4n) is 3.46. The van der Waals surface area contributed by atoms with Crippen LogP contribution < -0.4 is 5.32 Å². The lowest BCUT2D eigenvalue weighted by atomic mass is 10.2. The molecule has 0 aromatic heterocycles. The van der Waals surface area contributed by atoms with Crippen molar-refractivity contribution in [3.8, 4) is 0 Å². The van der Waals surface area contributed by atoms with E-state index in [4.69, 9.17) is 23.2 Å². The summed E-state index contributed by atoms with van der Waals surface area (Å²) < 4.78 is 0. The molecule has 0 saturated carbocycles. The SMILES string of the molecule is CN(CC(=O)N[C@@H]1CCN(Cc2ccccc2)C1)Cc1ccc(Cl)c(Cl)c1. The van der Waals surface area contributed by atoms with Gasteiger partial charge in [-0.15, -0.1) is 0 Å². The number of nitrogens with one attached hydrogen (secondary N) is 1. The number of carbonyl (C=O) groups excluding carboxylic acids is 1. The second-order valence-corrected chi connectivity index (χ2v) is 8.01. The van der Waals surface area contributed by atoms with Crippen molar-refractivity contribution in [1.82, 2.24) is 15.1 Å². The molecule has 6 heteroatoms. The molecule has 1 aliphatic rings. The Bertz CT molecular complexity index is 769. The van der Waals surface area contributed by atoms with E-state index >= 15 is 0 Å². The van der Waals surface area contributed by atoms with Gasteiger partial charge in [0.2, 0.25) is 5.91 Å². The summed E-state index contributed by atoms with van der Waals surface area (Å²) in [5, 5.41) is 4.24. The van der Waals surface area contributed by atoms with E-state index in [2.05, 4.69) is 34.5 Å². The zero-order valence-electron chi connectivity index (χ0n) is 15.5. The van der Waals surface area contributed by atoms with Crippen molar-refractivity contribution in [2.24, 2.45) is 0 Å². The van der Waals surface area contributed by atoms with Gasteiger partial charge in [-0.2, -0.15) is 0 Å². The van der Waals surface area contributed by atoms with Gasteiger partial charge in [0.25, 0.3) is 0 Å². The third-order valence-electron chi connectivity index (χ3n) is 4.74. The maximum absolute atomic E-state index is 12.4. The highest BCUT2D eigenvalue weighted by Crippen LogP contribution is 2.23. The molecule has 1 aliphatic heterocycles. The number of carbonyl (C=O) groups is 1. The first-order valence-electron chi connectivity index (χ1n) is 9.17. The molecule has 1 saturated heterocycles. The van der Waals surface area contributed by atoms with E-state index in [0.29, 0.717) is 23.1 Å². The summed E-state index contributed by atoms with van der Waals surface area (Å²) in [6.45, 7) is 3.85. The molecule has 27 heavy (non-hydrogen) atoms.